The molecule has 0 aliphatic heterocycles. The van der Waals surface area contributed by atoms with Gasteiger partial charge < -0.3 is 9.84 Å². The van der Waals surface area contributed by atoms with Gasteiger partial charge in [-0.1, -0.05) is 30.3 Å². The molecule has 0 amide bonds. The zero-order chi connectivity index (χ0) is 15.2. The first-order valence-corrected chi connectivity index (χ1v) is 7.52. The fraction of sp³-hybridized carbons (Fsp3) is 0.118. The molecule has 2 aromatic rings. The van der Waals surface area contributed by atoms with E-state index >= 15 is 0 Å². The largest absolute Gasteiger partial charge is 0.488 e. The molecule has 0 unspecified atom stereocenters. The highest BCUT2D eigenvalue weighted by molar-refractivity contribution is 14.1. The Kier molecular flexibility index (Phi) is 5.38. The van der Waals surface area contributed by atoms with Crippen LogP contribution in [0.5, 0.6) is 5.75 Å². The van der Waals surface area contributed by atoms with Crippen LogP contribution in [-0.2, 0) is 11.4 Å². The quantitative estimate of drug-likeness (QED) is 0.609. The van der Waals surface area contributed by atoms with Crippen LogP contribution in [0.15, 0.2) is 48.5 Å². The predicted molar refractivity (Wildman–Crippen MR) is 91.3 cm³/mol. The number of benzene rings is 2. The van der Waals surface area contributed by atoms with Crippen molar-refractivity contribution in [3.8, 4) is 5.75 Å². The predicted octanol–water partition coefficient (Wildman–Crippen LogP) is 4.28. The number of hydrogen-bond donors (Lipinski definition) is 1. The van der Waals surface area contributed by atoms with Gasteiger partial charge in [-0.3, -0.25) is 0 Å². The molecule has 2 aromatic carbocycles. The number of aliphatic carboxylic acids is 1. The van der Waals surface area contributed by atoms with Gasteiger partial charge in [0.2, 0.25) is 0 Å². The normalized spacial score (nSPS) is 10.8. The number of carboxylic acid groups (broad SMARTS) is 1. The third-order valence-corrected chi connectivity index (χ3v) is 3.86. The van der Waals surface area contributed by atoms with E-state index in [1.807, 2.05) is 36.4 Å². The second-order valence-electron chi connectivity index (χ2n) is 4.58. The van der Waals surface area contributed by atoms with Gasteiger partial charge in [0.05, 0.1) is 3.57 Å². The molecule has 1 N–H and O–H groups in total. The molecule has 0 spiro atoms. The van der Waals surface area contributed by atoms with Crippen molar-refractivity contribution < 1.29 is 14.6 Å². The Hall–Kier alpha value is -1.82. The summed E-state index contributed by atoms with van der Waals surface area (Å²) in [5.41, 5.74) is 3.20. The van der Waals surface area contributed by atoms with E-state index in [4.69, 9.17) is 9.84 Å². The highest BCUT2D eigenvalue weighted by atomic mass is 127. The summed E-state index contributed by atoms with van der Waals surface area (Å²) in [5.74, 6) is -0.156. The first-order valence-electron chi connectivity index (χ1n) is 6.44. The zero-order valence-corrected chi connectivity index (χ0v) is 13.7. The molecule has 4 heteroatoms. The SMILES string of the molecule is Cc1ccccc1COc1ccc(/C=C/C(=O)O)cc1I. The van der Waals surface area contributed by atoms with Gasteiger partial charge >= 0.3 is 5.97 Å². The summed E-state index contributed by atoms with van der Waals surface area (Å²) in [6.07, 6.45) is 2.69. The van der Waals surface area contributed by atoms with Gasteiger partial charge in [-0.05, 0) is 64.4 Å². The van der Waals surface area contributed by atoms with Gasteiger partial charge in [-0.15, -0.1) is 0 Å². The van der Waals surface area contributed by atoms with Crippen LogP contribution >= 0.6 is 22.6 Å². The number of carboxylic acids is 1. The van der Waals surface area contributed by atoms with E-state index in [0.29, 0.717) is 6.61 Å². The highest BCUT2D eigenvalue weighted by Gasteiger charge is 2.04. The van der Waals surface area contributed by atoms with Crippen molar-refractivity contribution in [3.63, 3.8) is 0 Å². The van der Waals surface area contributed by atoms with Crippen molar-refractivity contribution in [3.05, 3.63) is 68.8 Å². The van der Waals surface area contributed by atoms with E-state index in [0.717, 1.165) is 26.5 Å². The monoisotopic (exact) mass is 394 g/mol. The minimum Gasteiger partial charge on any atom is -0.488 e. The molecule has 0 heterocycles. The van der Waals surface area contributed by atoms with Crippen LogP contribution in [0.4, 0.5) is 0 Å². The molecule has 2 rings (SSSR count). The van der Waals surface area contributed by atoms with Gasteiger partial charge in [-0.25, -0.2) is 4.79 Å². The average molecular weight is 394 g/mol. The third-order valence-electron chi connectivity index (χ3n) is 3.02. The Labute approximate surface area is 137 Å². The first kappa shape index (κ1) is 15.6. The molecule has 0 fully saturated rings. The van der Waals surface area contributed by atoms with E-state index in [1.54, 1.807) is 6.08 Å². The van der Waals surface area contributed by atoms with Crippen LogP contribution in [0.2, 0.25) is 0 Å². The van der Waals surface area contributed by atoms with Crippen LogP contribution < -0.4 is 4.74 Å². The van der Waals surface area contributed by atoms with Crippen LogP contribution in [0.3, 0.4) is 0 Å². The summed E-state index contributed by atoms with van der Waals surface area (Å²) in [4.78, 5) is 10.5. The molecule has 0 bridgehead atoms. The fourth-order valence-electron chi connectivity index (χ4n) is 1.83. The summed E-state index contributed by atoms with van der Waals surface area (Å²) in [7, 11) is 0. The van der Waals surface area contributed by atoms with E-state index in [2.05, 4.69) is 35.6 Å². The average Bonchev–Trinajstić information content (AvgIpc) is 2.45. The second kappa shape index (κ2) is 7.26. The summed E-state index contributed by atoms with van der Waals surface area (Å²) in [5, 5.41) is 8.62. The topological polar surface area (TPSA) is 46.5 Å². The molecule has 0 aliphatic carbocycles. The Morgan fingerprint density at radius 2 is 2.05 bits per heavy atom. The fourth-order valence-corrected chi connectivity index (χ4v) is 2.53. The smallest absolute Gasteiger partial charge is 0.328 e. The summed E-state index contributed by atoms with van der Waals surface area (Å²) in [6, 6.07) is 13.7. The third kappa shape index (κ3) is 4.60. The van der Waals surface area contributed by atoms with Gasteiger partial charge in [0.25, 0.3) is 0 Å². The van der Waals surface area contributed by atoms with Gasteiger partial charge in [0.1, 0.15) is 12.4 Å². The maximum Gasteiger partial charge on any atom is 0.328 e. The number of ether oxygens (including phenoxy) is 1. The number of aryl methyl sites for hydroxylation is 1. The molecule has 0 atom stereocenters. The molecular weight excluding hydrogens is 379 g/mol. The summed E-state index contributed by atoms with van der Waals surface area (Å²) >= 11 is 2.19. The second-order valence-corrected chi connectivity index (χ2v) is 5.74. The minimum atomic E-state index is -0.954. The molecule has 0 saturated carbocycles. The lowest BCUT2D eigenvalue weighted by Gasteiger charge is -2.10. The standard InChI is InChI=1S/C17H15IO3/c1-12-4-2-3-5-14(12)11-21-16-8-6-13(10-15(16)18)7-9-17(19)20/h2-10H,11H2,1H3,(H,19,20)/b9-7+. The Morgan fingerprint density at radius 3 is 2.71 bits per heavy atom. The minimum absolute atomic E-state index is 0.521. The zero-order valence-electron chi connectivity index (χ0n) is 11.5. The van der Waals surface area contributed by atoms with Crippen molar-refractivity contribution in [1.29, 1.82) is 0 Å². The molecule has 108 valence electrons. The van der Waals surface area contributed by atoms with Crippen LogP contribution in [0.1, 0.15) is 16.7 Å². The summed E-state index contributed by atoms with van der Waals surface area (Å²) < 4.78 is 6.79. The van der Waals surface area contributed by atoms with Crippen molar-refractivity contribution in [2.75, 3.05) is 0 Å². The first-order chi connectivity index (χ1) is 10.1. The van der Waals surface area contributed by atoms with Crippen LogP contribution in [-0.4, -0.2) is 11.1 Å². The molecule has 0 saturated heterocycles. The van der Waals surface area contributed by atoms with E-state index in [9.17, 15) is 4.79 Å². The number of hydrogen-bond acceptors (Lipinski definition) is 2. The number of carbonyl (C=O) groups is 1. The Balaban J connectivity index is 2.08. The Bertz CT molecular complexity index is 677. The van der Waals surface area contributed by atoms with Gasteiger partial charge in [0, 0.05) is 6.08 Å². The van der Waals surface area contributed by atoms with Crippen molar-refractivity contribution in [1.82, 2.24) is 0 Å². The van der Waals surface area contributed by atoms with Crippen LogP contribution in [0.25, 0.3) is 6.08 Å². The number of halogens is 1. The van der Waals surface area contributed by atoms with E-state index in [-0.39, 0.29) is 0 Å². The highest BCUT2D eigenvalue weighted by Crippen LogP contribution is 2.24. The lowest BCUT2D eigenvalue weighted by atomic mass is 10.1. The van der Waals surface area contributed by atoms with Crippen molar-refractivity contribution in [2.45, 2.75) is 13.5 Å². The lowest BCUT2D eigenvalue weighted by molar-refractivity contribution is -0.131. The van der Waals surface area contributed by atoms with Crippen molar-refractivity contribution in [2.24, 2.45) is 0 Å². The maximum absolute atomic E-state index is 10.5. The molecule has 0 radical (unpaired) electrons. The lowest BCUT2D eigenvalue weighted by Crippen LogP contribution is -1.99. The van der Waals surface area contributed by atoms with E-state index < -0.39 is 5.97 Å². The number of rotatable bonds is 5. The van der Waals surface area contributed by atoms with Crippen LogP contribution in [0, 0.1) is 10.5 Å². The maximum atomic E-state index is 10.5. The molecule has 3 nitrogen and oxygen atoms in total. The van der Waals surface area contributed by atoms with Gasteiger partial charge in [-0.2, -0.15) is 0 Å². The van der Waals surface area contributed by atoms with E-state index in [1.165, 1.54) is 5.56 Å². The van der Waals surface area contributed by atoms with Gasteiger partial charge in [0.15, 0.2) is 0 Å². The molecule has 21 heavy (non-hydrogen) atoms. The molecular formula is C17H15IO3. The summed E-state index contributed by atoms with van der Waals surface area (Å²) in [6.45, 7) is 2.58. The molecule has 0 aliphatic rings. The Morgan fingerprint density at radius 1 is 1.29 bits per heavy atom. The molecule has 0 aromatic heterocycles. The van der Waals surface area contributed by atoms with Crippen molar-refractivity contribution >= 4 is 34.6 Å².